The average molecular weight is 368 g/mol. The number of nitrogens with two attached hydrogens (primary N) is 1. The lowest BCUT2D eigenvalue weighted by atomic mass is 10.0. The predicted molar refractivity (Wildman–Crippen MR) is 99.1 cm³/mol. The standard InChI is InChI=1S/C20H20N2O5/c1-12(23)13-7-8-16(26-2)14(9-13)10-19(24)22-11-18(20(21)25)27-17-6-4-3-5-15(17)22/h3-9,18H,10-11H2,1-2H3,(H2,21,25)/t18-/m1/s1. The fourth-order valence-electron chi connectivity index (χ4n) is 3.01. The number of carbonyl (C=O) groups excluding carboxylic acids is 3. The smallest absolute Gasteiger partial charge is 0.260 e. The molecular formula is C20H20N2O5. The van der Waals surface area contributed by atoms with Crippen molar-refractivity contribution >= 4 is 23.3 Å². The molecule has 2 aromatic rings. The van der Waals surface area contributed by atoms with Crippen molar-refractivity contribution in [1.82, 2.24) is 0 Å². The Kier molecular flexibility index (Phi) is 5.12. The number of hydrogen-bond donors (Lipinski definition) is 1. The van der Waals surface area contributed by atoms with Crippen molar-refractivity contribution in [3.63, 3.8) is 0 Å². The third-order valence-electron chi connectivity index (χ3n) is 4.42. The Labute approximate surface area is 156 Å². The molecule has 2 aromatic carbocycles. The summed E-state index contributed by atoms with van der Waals surface area (Å²) in [6, 6.07) is 11.9. The molecule has 1 atom stereocenters. The number of ether oxygens (including phenoxy) is 2. The zero-order valence-corrected chi connectivity index (χ0v) is 15.1. The number of hydrogen-bond acceptors (Lipinski definition) is 5. The first-order valence-corrected chi connectivity index (χ1v) is 8.44. The number of methoxy groups -OCH3 is 1. The summed E-state index contributed by atoms with van der Waals surface area (Å²) in [4.78, 5) is 37.8. The Hall–Kier alpha value is -3.35. The Morgan fingerprint density at radius 3 is 2.63 bits per heavy atom. The Morgan fingerprint density at radius 1 is 1.22 bits per heavy atom. The van der Waals surface area contributed by atoms with Crippen molar-refractivity contribution in [2.75, 3.05) is 18.6 Å². The topological polar surface area (TPSA) is 98.9 Å². The van der Waals surface area contributed by atoms with E-state index in [4.69, 9.17) is 15.2 Å². The third-order valence-corrected chi connectivity index (χ3v) is 4.42. The number of fused-ring (bicyclic) bond motifs is 1. The van der Waals surface area contributed by atoms with Gasteiger partial charge in [0.1, 0.15) is 11.5 Å². The van der Waals surface area contributed by atoms with Crippen LogP contribution in [0, 0.1) is 0 Å². The molecule has 1 aliphatic rings. The Morgan fingerprint density at radius 2 is 1.96 bits per heavy atom. The molecule has 2 amide bonds. The summed E-state index contributed by atoms with van der Waals surface area (Å²) in [6.45, 7) is 1.49. The first kappa shape index (κ1) is 18.4. The van der Waals surface area contributed by atoms with Crippen LogP contribution in [0.5, 0.6) is 11.5 Å². The largest absolute Gasteiger partial charge is 0.496 e. The van der Waals surface area contributed by atoms with Crippen molar-refractivity contribution in [3.05, 3.63) is 53.6 Å². The van der Waals surface area contributed by atoms with E-state index in [1.165, 1.54) is 18.9 Å². The van der Waals surface area contributed by atoms with Crippen LogP contribution in [0.15, 0.2) is 42.5 Å². The quantitative estimate of drug-likeness (QED) is 0.810. The van der Waals surface area contributed by atoms with Gasteiger partial charge in [-0.3, -0.25) is 14.4 Å². The zero-order chi connectivity index (χ0) is 19.6. The van der Waals surface area contributed by atoms with Crippen LogP contribution >= 0.6 is 0 Å². The summed E-state index contributed by atoms with van der Waals surface area (Å²) in [5, 5.41) is 0. The number of rotatable bonds is 5. The molecule has 0 unspecified atom stereocenters. The van der Waals surface area contributed by atoms with Gasteiger partial charge in [0.25, 0.3) is 5.91 Å². The number of carbonyl (C=O) groups is 3. The zero-order valence-electron chi connectivity index (χ0n) is 15.1. The van der Waals surface area contributed by atoms with Crippen molar-refractivity contribution in [2.24, 2.45) is 5.73 Å². The lowest BCUT2D eigenvalue weighted by Gasteiger charge is -2.33. The maximum Gasteiger partial charge on any atom is 0.260 e. The SMILES string of the molecule is COc1ccc(C(C)=O)cc1CC(=O)N1C[C@H](C(N)=O)Oc2ccccc21. The molecule has 0 bridgehead atoms. The number of amides is 2. The number of primary amides is 1. The molecular weight excluding hydrogens is 348 g/mol. The lowest BCUT2D eigenvalue weighted by Crippen LogP contribution is -2.49. The molecule has 0 radical (unpaired) electrons. The van der Waals surface area contributed by atoms with E-state index < -0.39 is 12.0 Å². The van der Waals surface area contributed by atoms with E-state index in [2.05, 4.69) is 0 Å². The van der Waals surface area contributed by atoms with E-state index in [0.29, 0.717) is 28.3 Å². The van der Waals surface area contributed by atoms with Crippen LogP contribution in [0.2, 0.25) is 0 Å². The number of para-hydroxylation sites is 2. The predicted octanol–water partition coefficient (Wildman–Crippen LogP) is 1.72. The van der Waals surface area contributed by atoms with Crippen LogP contribution in [0.1, 0.15) is 22.8 Å². The number of benzene rings is 2. The van der Waals surface area contributed by atoms with Gasteiger partial charge in [-0.15, -0.1) is 0 Å². The fourth-order valence-corrected chi connectivity index (χ4v) is 3.01. The molecule has 140 valence electrons. The normalized spacial score (nSPS) is 15.5. The highest BCUT2D eigenvalue weighted by Crippen LogP contribution is 2.34. The Bertz CT molecular complexity index is 909. The van der Waals surface area contributed by atoms with Crippen molar-refractivity contribution < 1.29 is 23.9 Å². The van der Waals surface area contributed by atoms with Gasteiger partial charge < -0.3 is 20.1 Å². The molecule has 7 nitrogen and oxygen atoms in total. The van der Waals surface area contributed by atoms with Crippen LogP contribution in [-0.4, -0.2) is 37.4 Å². The van der Waals surface area contributed by atoms with Crippen LogP contribution in [0.25, 0.3) is 0 Å². The van der Waals surface area contributed by atoms with Gasteiger partial charge in [-0.05, 0) is 37.3 Å². The molecule has 0 saturated heterocycles. The summed E-state index contributed by atoms with van der Waals surface area (Å²) in [5.41, 5.74) is 7.04. The molecule has 1 heterocycles. The summed E-state index contributed by atoms with van der Waals surface area (Å²) in [5.74, 6) is -0.0574. The summed E-state index contributed by atoms with van der Waals surface area (Å²) in [7, 11) is 1.50. The molecule has 0 saturated carbocycles. The lowest BCUT2D eigenvalue weighted by molar-refractivity contribution is -0.125. The van der Waals surface area contributed by atoms with Crippen LogP contribution in [-0.2, 0) is 16.0 Å². The highest BCUT2D eigenvalue weighted by Gasteiger charge is 2.32. The number of Topliss-reactive ketones (excluding diaryl/α,β-unsaturated/α-hetero) is 1. The summed E-state index contributed by atoms with van der Waals surface area (Å²) < 4.78 is 10.9. The van der Waals surface area contributed by atoms with Gasteiger partial charge in [-0.2, -0.15) is 0 Å². The van der Waals surface area contributed by atoms with Crippen molar-refractivity contribution in [3.8, 4) is 11.5 Å². The van der Waals surface area contributed by atoms with Gasteiger partial charge in [0.2, 0.25) is 5.91 Å². The van der Waals surface area contributed by atoms with E-state index in [0.717, 1.165) is 0 Å². The number of nitrogens with zero attached hydrogens (tertiary/aromatic N) is 1. The van der Waals surface area contributed by atoms with E-state index in [9.17, 15) is 14.4 Å². The van der Waals surface area contributed by atoms with Gasteiger partial charge in [0.15, 0.2) is 11.9 Å². The molecule has 0 aliphatic carbocycles. The monoisotopic (exact) mass is 368 g/mol. The highest BCUT2D eigenvalue weighted by atomic mass is 16.5. The van der Waals surface area contributed by atoms with E-state index in [1.807, 2.05) is 0 Å². The highest BCUT2D eigenvalue weighted by molar-refractivity contribution is 5.99. The molecule has 0 spiro atoms. The minimum absolute atomic E-state index is 0.00408. The second-order valence-electron chi connectivity index (χ2n) is 6.24. The Balaban J connectivity index is 1.93. The first-order chi connectivity index (χ1) is 12.9. The van der Waals surface area contributed by atoms with Gasteiger partial charge in [-0.25, -0.2) is 0 Å². The van der Waals surface area contributed by atoms with Gasteiger partial charge >= 0.3 is 0 Å². The molecule has 3 rings (SSSR count). The molecule has 27 heavy (non-hydrogen) atoms. The van der Waals surface area contributed by atoms with Crippen LogP contribution < -0.4 is 20.1 Å². The second kappa shape index (κ2) is 7.49. The minimum Gasteiger partial charge on any atom is -0.496 e. The van der Waals surface area contributed by atoms with Crippen molar-refractivity contribution in [2.45, 2.75) is 19.4 Å². The first-order valence-electron chi connectivity index (χ1n) is 8.44. The summed E-state index contributed by atoms with van der Waals surface area (Å²) in [6.07, 6.45) is -0.918. The average Bonchev–Trinajstić information content (AvgIpc) is 2.66. The van der Waals surface area contributed by atoms with E-state index >= 15 is 0 Å². The second-order valence-corrected chi connectivity index (χ2v) is 6.24. The van der Waals surface area contributed by atoms with Crippen molar-refractivity contribution in [1.29, 1.82) is 0 Å². The maximum absolute atomic E-state index is 13.0. The molecule has 7 heteroatoms. The summed E-state index contributed by atoms with van der Waals surface area (Å²) >= 11 is 0. The van der Waals surface area contributed by atoms with Gasteiger partial charge in [0, 0.05) is 11.1 Å². The minimum atomic E-state index is -0.922. The van der Waals surface area contributed by atoms with Crippen LogP contribution in [0.3, 0.4) is 0 Å². The maximum atomic E-state index is 13.0. The molecule has 2 N–H and O–H groups in total. The van der Waals surface area contributed by atoms with Gasteiger partial charge in [0.05, 0.1) is 25.8 Å². The van der Waals surface area contributed by atoms with Gasteiger partial charge in [-0.1, -0.05) is 12.1 Å². The number of ketones is 1. The van der Waals surface area contributed by atoms with E-state index in [1.54, 1.807) is 42.5 Å². The fraction of sp³-hybridized carbons (Fsp3) is 0.250. The molecule has 0 fully saturated rings. The molecule has 0 aromatic heterocycles. The molecule has 1 aliphatic heterocycles. The number of anilines is 1. The van der Waals surface area contributed by atoms with Crippen LogP contribution in [0.4, 0.5) is 5.69 Å². The third kappa shape index (κ3) is 3.76. The van der Waals surface area contributed by atoms with E-state index in [-0.39, 0.29) is 24.7 Å².